The molecule has 1 saturated heterocycles. The number of allylic oxidation sites excluding steroid dienone is 1. The van der Waals surface area contributed by atoms with Gasteiger partial charge in [-0.2, -0.15) is 5.10 Å². The van der Waals surface area contributed by atoms with Gasteiger partial charge in [-0.3, -0.25) is 5.01 Å². The number of phenolic OH excluding ortho intramolecular Hbond substituents is 1. The van der Waals surface area contributed by atoms with E-state index in [1.165, 1.54) is 11.3 Å². The lowest BCUT2D eigenvalue weighted by Crippen LogP contribution is -2.44. The molecular weight excluding hydrogens is 310 g/mol. The molecule has 0 aliphatic carbocycles. The molecule has 4 heteroatoms. The van der Waals surface area contributed by atoms with Crippen LogP contribution in [0.5, 0.6) is 5.75 Å². The van der Waals surface area contributed by atoms with Crippen molar-refractivity contribution in [3.63, 3.8) is 0 Å². The minimum atomic E-state index is 0.296. The van der Waals surface area contributed by atoms with Crippen molar-refractivity contribution in [2.24, 2.45) is 5.10 Å². The highest BCUT2D eigenvalue weighted by molar-refractivity contribution is 5.83. The highest BCUT2D eigenvalue weighted by Crippen LogP contribution is 2.22. The third-order valence-electron chi connectivity index (χ3n) is 4.53. The number of hydrogen-bond donors (Lipinski definition) is 1. The van der Waals surface area contributed by atoms with Crippen LogP contribution < -0.4 is 4.90 Å². The average molecular weight is 335 g/mol. The van der Waals surface area contributed by atoms with Gasteiger partial charge in [-0.25, -0.2) is 0 Å². The van der Waals surface area contributed by atoms with Gasteiger partial charge in [0.2, 0.25) is 0 Å². The van der Waals surface area contributed by atoms with E-state index < -0.39 is 0 Å². The van der Waals surface area contributed by atoms with Gasteiger partial charge in [-0.05, 0) is 37.1 Å². The number of nitrogens with zero attached hydrogens (tertiary/aromatic N) is 3. The molecule has 4 nitrogen and oxygen atoms in total. The summed E-state index contributed by atoms with van der Waals surface area (Å²) in [6.07, 6.45) is 4.20. The SMILES string of the molecule is C=CCc1cccc(C=NN2CCN(c3ccc(C)cc3)CC2)c1O. The zero-order chi connectivity index (χ0) is 17.6. The smallest absolute Gasteiger partial charge is 0.127 e. The molecular formula is C21H25N3O. The van der Waals surface area contributed by atoms with Gasteiger partial charge < -0.3 is 10.0 Å². The fraction of sp³-hybridized carbons (Fsp3) is 0.286. The molecule has 0 spiro atoms. The number of benzene rings is 2. The number of para-hydroxylation sites is 1. The molecule has 1 heterocycles. The molecule has 1 N–H and O–H groups in total. The largest absolute Gasteiger partial charge is 0.507 e. The van der Waals surface area contributed by atoms with Gasteiger partial charge in [0, 0.05) is 24.3 Å². The summed E-state index contributed by atoms with van der Waals surface area (Å²) >= 11 is 0. The van der Waals surface area contributed by atoms with Gasteiger partial charge >= 0.3 is 0 Å². The lowest BCUT2D eigenvalue weighted by atomic mass is 10.1. The highest BCUT2D eigenvalue weighted by atomic mass is 16.3. The first-order valence-electron chi connectivity index (χ1n) is 8.69. The van der Waals surface area contributed by atoms with Gasteiger partial charge in [-0.1, -0.05) is 35.9 Å². The lowest BCUT2D eigenvalue weighted by molar-refractivity contribution is 0.272. The molecule has 25 heavy (non-hydrogen) atoms. The Hall–Kier alpha value is -2.75. The first-order valence-corrected chi connectivity index (χ1v) is 8.69. The van der Waals surface area contributed by atoms with Crippen LogP contribution >= 0.6 is 0 Å². The Morgan fingerprint density at radius 2 is 1.80 bits per heavy atom. The van der Waals surface area contributed by atoms with E-state index in [0.29, 0.717) is 12.2 Å². The van der Waals surface area contributed by atoms with E-state index in [4.69, 9.17) is 0 Å². The van der Waals surface area contributed by atoms with Gasteiger partial charge in [0.1, 0.15) is 5.75 Å². The Bertz CT molecular complexity index is 744. The molecule has 1 aliphatic heterocycles. The molecule has 1 aliphatic rings. The molecule has 2 aromatic rings. The number of hydrazone groups is 1. The van der Waals surface area contributed by atoms with Crippen molar-refractivity contribution in [1.82, 2.24) is 5.01 Å². The van der Waals surface area contributed by atoms with Gasteiger partial charge in [-0.15, -0.1) is 6.58 Å². The third-order valence-corrected chi connectivity index (χ3v) is 4.53. The van der Waals surface area contributed by atoms with E-state index >= 15 is 0 Å². The van der Waals surface area contributed by atoms with E-state index in [9.17, 15) is 5.11 Å². The summed E-state index contributed by atoms with van der Waals surface area (Å²) in [5.41, 5.74) is 4.18. The Labute approximate surface area is 149 Å². The molecule has 3 rings (SSSR count). The van der Waals surface area contributed by atoms with Crippen LogP contribution in [0.1, 0.15) is 16.7 Å². The van der Waals surface area contributed by atoms with E-state index in [-0.39, 0.29) is 0 Å². The van der Waals surface area contributed by atoms with Crippen LogP contribution in [0, 0.1) is 6.92 Å². The first kappa shape index (κ1) is 17.1. The number of aryl methyl sites for hydroxylation is 1. The molecule has 0 amide bonds. The predicted molar refractivity (Wildman–Crippen MR) is 105 cm³/mol. The average Bonchev–Trinajstić information content (AvgIpc) is 2.64. The summed E-state index contributed by atoms with van der Waals surface area (Å²) in [6.45, 7) is 9.47. The Morgan fingerprint density at radius 3 is 2.48 bits per heavy atom. The van der Waals surface area contributed by atoms with Crippen molar-refractivity contribution in [2.75, 3.05) is 31.1 Å². The van der Waals surface area contributed by atoms with E-state index in [2.05, 4.69) is 52.8 Å². The summed E-state index contributed by atoms with van der Waals surface area (Å²) in [5.74, 6) is 0.296. The maximum Gasteiger partial charge on any atom is 0.127 e. The van der Waals surface area contributed by atoms with E-state index in [0.717, 1.165) is 37.3 Å². The van der Waals surface area contributed by atoms with Crippen LogP contribution in [0.3, 0.4) is 0 Å². The summed E-state index contributed by atoms with van der Waals surface area (Å²) in [5, 5.41) is 16.9. The van der Waals surface area contributed by atoms with Crippen molar-refractivity contribution in [2.45, 2.75) is 13.3 Å². The van der Waals surface area contributed by atoms with E-state index in [1.807, 2.05) is 18.2 Å². The molecule has 2 aromatic carbocycles. The zero-order valence-corrected chi connectivity index (χ0v) is 14.7. The lowest BCUT2D eigenvalue weighted by Gasteiger charge is -2.34. The molecule has 130 valence electrons. The van der Waals surface area contributed by atoms with Crippen molar-refractivity contribution >= 4 is 11.9 Å². The zero-order valence-electron chi connectivity index (χ0n) is 14.7. The molecule has 0 radical (unpaired) electrons. The third kappa shape index (κ3) is 4.21. The topological polar surface area (TPSA) is 39.1 Å². The number of phenols is 1. The summed E-state index contributed by atoms with van der Waals surface area (Å²) in [7, 11) is 0. The number of piperazine rings is 1. The maximum absolute atomic E-state index is 10.3. The van der Waals surface area contributed by atoms with Crippen LogP contribution in [-0.2, 0) is 6.42 Å². The van der Waals surface area contributed by atoms with Gasteiger partial charge in [0.15, 0.2) is 0 Å². The molecule has 0 aromatic heterocycles. The fourth-order valence-electron chi connectivity index (χ4n) is 3.00. The summed E-state index contributed by atoms with van der Waals surface area (Å²) in [6, 6.07) is 14.4. The number of anilines is 1. The molecule has 0 unspecified atom stereocenters. The maximum atomic E-state index is 10.3. The quantitative estimate of drug-likeness (QED) is 0.670. The van der Waals surface area contributed by atoms with Crippen molar-refractivity contribution < 1.29 is 5.11 Å². The van der Waals surface area contributed by atoms with Crippen LogP contribution in [0.25, 0.3) is 0 Å². The Morgan fingerprint density at radius 1 is 1.08 bits per heavy atom. The summed E-state index contributed by atoms with van der Waals surface area (Å²) < 4.78 is 0. The molecule has 0 saturated carbocycles. The van der Waals surface area contributed by atoms with Gasteiger partial charge in [0.05, 0.1) is 19.3 Å². The second-order valence-electron chi connectivity index (χ2n) is 6.37. The second-order valence-corrected chi connectivity index (χ2v) is 6.37. The van der Waals surface area contributed by atoms with E-state index in [1.54, 1.807) is 12.3 Å². The molecule has 1 fully saturated rings. The van der Waals surface area contributed by atoms with Crippen molar-refractivity contribution in [3.8, 4) is 5.75 Å². The van der Waals surface area contributed by atoms with Crippen LogP contribution in [0.4, 0.5) is 5.69 Å². The van der Waals surface area contributed by atoms with Crippen molar-refractivity contribution in [1.29, 1.82) is 0 Å². The van der Waals surface area contributed by atoms with Crippen LogP contribution in [-0.4, -0.2) is 42.5 Å². The normalized spacial score (nSPS) is 14.9. The first-order chi connectivity index (χ1) is 12.2. The number of rotatable bonds is 5. The molecule has 0 atom stereocenters. The highest BCUT2D eigenvalue weighted by Gasteiger charge is 2.15. The summed E-state index contributed by atoms with van der Waals surface area (Å²) in [4.78, 5) is 2.38. The monoisotopic (exact) mass is 335 g/mol. The standard InChI is InChI=1S/C21H25N3O/c1-3-5-18-6-4-7-19(21(18)25)16-22-24-14-12-23(13-15-24)20-10-8-17(2)9-11-20/h3-4,6-11,16,25H,1,5,12-15H2,2H3. The van der Waals surface area contributed by atoms with Gasteiger partial charge in [0.25, 0.3) is 0 Å². The van der Waals surface area contributed by atoms with Crippen LogP contribution in [0.15, 0.2) is 60.2 Å². The number of hydrogen-bond acceptors (Lipinski definition) is 4. The van der Waals surface area contributed by atoms with Crippen LogP contribution in [0.2, 0.25) is 0 Å². The second kappa shape index (κ2) is 7.88. The minimum absolute atomic E-state index is 0.296. The minimum Gasteiger partial charge on any atom is -0.507 e. The Balaban J connectivity index is 1.60. The molecule has 0 bridgehead atoms. The fourth-order valence-corrected chi connectivity index (χ4v) is 3.00. The predicted octanol–water partition coefficient (Wildman–Crippen LogP) is 3.59. The number of aromatic hydroxyl groups is 1. The van der Waals surface area contributed by atoms with Crippen molar-refractivity contribution in [3.05, 3.63) is 71.8 Å². The Kier molecular flexibility index (Phi) is 5.39.